The fourth-order valence-electron chi connectivity index (χ4n) is 9.69. The zero-order valence-corrected chi connectivity index (χ0v) is 42.7. The van der Waals surface area contributed by atoms with E-state index in [1.807, 2.05) is 12.1 Å². The van der Waals surface area contributed by atoms with Gasteiger partial charge in [0.2, 0.25) is 0 Å². The zero-order valence-electron chi connectivity index (χ0n) is 37.3. The van der Waals surface area contributed by atoms with E-state index in [0.29, 0.717) is 0 Å². The standard InChI is InChI=1S/C29H41.C21H12Cl2.C5H5.2ClH.Zr/c1-26(2,3)22-14-18-13-19-15-23(27(4,5)6)25(29(10,11)12)17-21(19)20(18)16-24(22)28(7,8)9;22-20-11-3-7-16-14(5-1-9-18(16)20)13-15-6-2-10-19-17(15)8-4-12-21(19)23;1-2-4-5-3-1;;;/h13-17H,1-12H3;1-12H;1-3H,4H2;2*1H;/q;;;;;+2/p-2. The van der Waals surface area contributed by atoms with Gasteiger partial charge in [-0.15, -0.1) is 0 Å². The Balaban J connectivity index is 0.00000302. The second kappa shape index (κ2) is 16.7. The van der Waals surface area contributed by atoms with Crippen LogP contribution in [0.3, 0.4) is 0 Å². The molecule has 0 atom stereocenters. The van der Waals surface area contributed by atoms with Gasteiger partial charge in [0, 0.05) is 0 Å². The van der Waals surface area contributed by atoms with Gasteiger partial charge in [0.25, 0.3) is 0 Å². The fraction of sp³-hybridized carbons (Fsp3) is 0.327. The quantitative estimate of drug-likeness (QED) is 0.165. The van der Waals surface area contributed by atoms with Crippen LogP contribution in [0.5, 0.6) is 0 Å². The molecule has 0 heterocycles. The molecule has 0 aromatic heterocycles. The molecule has 0 N–H and O–H groups in total. The molecule has 6 aromatic carbocycles. The van der Waals surface area contributed by atoms with Crippen LogP contribution in [-0.4, -0.2) is 3.21 Å². The van der Waals surface area contributed by atoms with Gasteiger partial charge in [0.05, 0.1) is 0 Å². The van der Waals surface area contributed by atoms with Crippen molar-refractivity contribution in [3.8, 4) is 11.1 Å². The normalized spacial score (nSPS) is 14.0. The molecule has 0 radical (unpaired) electrons. The van der Waals surface area contributed by atoms with Crippen molar-refractivity contribution in [2.75, 3.05) is 0 Å². The molecule has 6 aromatic rings. The molecule has 2 aliphatic carbocycles. The molecular weight excluding hydrogens is 894 g/mol. The SMILES string of the molecule is CC(C)(C)c1cc2c(cc1C(C)(C)C)[CH]([Zr+2]([C]1=CC=CC1)=[C](c1cccc3c(Cl)cccc13)c1cccc3c(Cl)cccc13)c1cc(C(C)(C)C)c(C(C)(C)C)cc1-2.[Cl-].[Cl-]. The van der Waals surface area contributed by atoms with E-state index in [2.05, 4.69) is 186 Å². The van der Waals surface area contributed by atoms with Crippen LogP contribution >= 0.6 is 23.2 Å². The van der Waals surface area contributed by atoms with Crippen LogP contribution in [0, 0.1) is 0 Å². The second-order valence-corrected chi connectivity index (χ2v) is 27.9. The number of hydrogen-bond donors (Lipinski definition) is 0. The Labute approximate surface area is 389 Å². The number of allylic oxidation sites excluding steroid dienone is 4. The van der Waals surface area contributed by atoms with E-state index in [9.17, 15) is 0 Å². The Morgan fingerprint density at radius 2 is 0.867 bits per heavy atom. The van der Waals surface area contributed by atoms with Crippen LogP contribution in [-0.2, 0) is 42.9 Å². The Kier molecular flexibility index (Phi) is 13.0. The van der Waals surface area contributed by atoms with E-state index >= 15 is 0 Å². The van der Waals surface area contributed by atoms with E-state index in [0.717, 1.165) is 27.2 Å². The summed E-state index contributed by atoms with van der Waals surface area (Å²) < 4.78 is 3.37. The minimum atomic E-state index is -3.20. The molecule has 0 spiro atoms. The average Bonchev–Trinajstić information content (AvgIpc) is 3.78. The summed E-state index contributed by atoms with van der Waals surface area (Å²) in [5.41, 5.74) is 14.2. The van der Waals surface area contributed by atoms with E-state index in [1.54, 1.807) is 3.28 Å². The Bertz CT molecular complexity index is 2590. The maximum atomic E-state index is 7.05. The summed E-state index contributed by atoms with van der Waals surface area (Å²) in [5, 5.41) is 6.20. The third kappa shape index (κ3) is 8.26. The summed E-state index contributed by atoms with van der Waals surface area (Å²) >= 11 is 10.9. The predicted octanol–water partition coefficient (Wildman–Crippen LogP) is 10.3. The van der Waals surface area contributed by atoms with Crippen molar-refractivity contribution >= 4 is 48.0 Å². The number of hydrogen-bond acceptors (Lipinski definition) is 0. The first-order valence-electron chi connectivity index (χ1n) is 21.0. The molecule has 0 nitrogen and oxygen atoms in total. The number of halogens is 4. The first-order chi connectivity index (χ1) is 27.2. The summed E-state index contributed by atoms with van der Waals surface area (Å²) in [6.07, 6.45) is 8.17. The second-order valence-electron chi connectivity index (χ2n) is 20.8. The van der Waals surface area contributed by atoms with Crippen LogP contribution in [0.25, 0.3) is 32.7 Å². The summed E-state index contributed by atoms with van der Waals surface area (Å²) in [5.74, 6) is 0. The maximum Gasteiger partial charge on any atom is -1.00 e. The predicted molar refractivity (Wildman–Crippen MR) is 251 cm³/mol. The first kappa shape index (κ1) is 46.7. The van der Waals surface area contributed by atoms with Crippen LogP contribution in [0.1, 0.15) is 138 Å². The van der Waals surface area contributed by atoms with Gasteiger partial charge in [-0.2, -0.15) is 0 Å². The first-order valence-corrected chi connectivity index (χ1v) is 25.6. The van der Waals surface area contributed by atoms with E-state index in [4.69, 9.17) is 23.2 Å². The molecular formula is C55H58Cl4Zr. The van der Waals surface area contributed by atoms with Crippen molar-refractivity contribution in [3.63, 3.8) is 0 Å². The van der Waals surface area contributed by atoms with Gasteiger partial charge >= 0.3 is 368 Å². The Morgan fingerprint density at radius 1 is 0.500 bits per heavy atom. The molecule has 0 saturated carbocycles. The van der Waals surface area contributed by atoms with Gasteiger partial charge in [-0.1, -0.05) is 0 Å². The van der Waals surface area contributed by atoms with Gasteiger partial charge in [0.1, 0.15) is 0 Å². The largest absolute Gasteiger partial charge is 1.00 e. The Hall–Kier alpha value is -2.77. The summed E-state index contributed by atoms with van der Waals surface area (Å²) in [4.78, 5) is 0. The van der Waals surface area contributed by atoms with Crippen LogP contribution < -0.4 is 24.8 Å². The smallest absolute Gasteiger partial charge is 1.00 e. The van der Waals surface area contributed by atoms with Gasteiger partial charge in [-0.05, 0) is 0 Å². The van der Waals surface area contributed by atoms with Crippen LogP contribution in [0.15, 0.2) is 119 Å². The number of rotatable bonds is 4. The van der Waals surface area contributed by atoms with Crippen LogP contribution in [0.2, 0.25) is 10.0 Å². The zero-order chi connectivity index (χ0) is 41.7. The van der Waals surface area contributed by atoms with Crippen molar-refractivity contribution < 1.29 is 46.1 Å². The van der Waals surface area contributed by atoms with E-state index in [1.165, 1.54) is 69.6 Å². The molecule has 0 aliphatic heterocycles. The van der Waals surface area contributed by atoms with Crippen molar-refractivity contribution in [2.45, 2.75) is 115 Å². The van der Waals surface area contributed by atoms with Gasteiger partial charge in [-0.3, -0.25) is 0 Å². The average molecular weight is 952 g/mol. The summed E-state index contributed by atoms with van der Waals surface area (Å²) in [6, 6.07) is 37.0. The summed E-state index contributed by atoms with van der Waals surface area (Å²) in [6.45, 7) is 28.7. The third-order valence-electron chi connectivity index (χ3n) is 12.5. The minimum Gasteiger partial charge on any atom is -1.00 e. The molecule has 60 heavy (non-hydrogen) atoms. The van der Waals surface area contributed by atoms with E-state index in [-0.39, 0.29) is 50.1 Å². The van der Waals surface area contributed by atoms with E-state index < -0.39 is 21.3 Å². The van der Waals surface area contributed by atoms with Crippen molar-refractivity contribution in [3.05, 3.63) is 173 Å². The molecule has 0 amide bonds. The Morgan fingerprint density at radius 3 is 1.23 bits per heavy atom. The fourth-order valence-corrected chi connectivity index (χ4v) is 19.3. The van der Waals surface area contributed by atoms with Crippen molar-refractivity contribution in [1.29, 1.82) is 0 Å². The third-order valence-corrected chi connectivity index (χ3v) is 21.3. The number of benzene rings is 6. The van der Waals surface area contributed by atoms with Gasteiger partial charge in [-0.25, -0.2) is 0 Å². The minimum absolute atomic E-state index is 0. The summed E-state index contributed by atoms with van der Waals surface area (Å²) in [7, 11) is 0. The molecule has 5 heteroatoms. The molecule has 8 rings (SSSR count). The number of fused-ring (bicyclic) bond motifs is 5. The van der Waals surface area contributed by atoms with Crippen molar-refractivity contribution in [2.24, 2.45) is 0 Å². The monoisotopic (exact) mass is 948 g/mol. The van der Waals surface area contributed by atoms with Crippen LogP contribution in [0.4, 0.5) is 0 Å². The molecule has 0 bridgehead atoms. The topological polar surface area (TPSA) is 0 Å². The molecule has 0 fully saturated rings. The molecule has 0 unspecified atom stereocenters. The van der Waals surface area contributed by atoms with Gasteiger partial charge < -0.3 is 24.8 Å². The molecule has 2 aliphatic rings. The molecule has 310 valence electrons. The van der Waals surface area contributed by atoms with Gasteiger partial charge in [0.15, 0.2) is 0 Å². The maximum absolute atomic E-state index is 7.05. The van der Waals surface area contributed by atoms with Crippen molar-refractivity contribution in [1.82, 2.24) is 0 Å². The molecule has 0 saturated heterocycles.